The van der Waals surface area contributed by atoms with E-state index in [9.17, 15) is 0 Å². The molecule has 0 amide bonds. The standard InChI is InChI=1S/C9H9ClN2O/c1-6(2)13-8-4-3-7(5-11)12-9(8)10/h3-4,6H,1-2H3. The fourth-order valence-corrected chi connectivity index (χ4v) is 1.02. The maximum Gasteiger partial charge on any atom is 0.172 e. The van der Waals surface area contributed by atoms with Crippen LogP contribution in [0.15, 0.2) is 12.1 Å². The van der Waals surface area contributed by atoms with Gasteiger partial charge < -0.3 is 4.74 Å². The highest BCUT2D eigenvalue weighted by molar-refractivity contribution is 6.30. The molecule has 68 valence electrons. The molecule has 0 aliphatic heterocycles. The Balaban J connectivity index is 2.93. The minimum atomic E-state index is 0.0484. The molecule has 0 radical (unpaired) electrons. The van der Waals surface area contributed by atoms with Crippen molar-refractivity contribution in [2.45, 2.75) is 20.0 Å². The summed E-state index contributed by atoms with van der Waals surface area (Å²) in [6.45, 7) is 3.79. The molecular weight excluding hydrogens is 188 g/mol. The number of nitriles is 1. The number of nitrogens with zero attached hydrogens (tertiary/aromatic N) is 2. The normalized spacial score (nSPS) is 9.77. The van der Waals surface area contributed by atoms with Crippen molar-refractivity contribution >= 4 is 11.6 Å². The van der Waals surface area contributed by atoms with Gasteiger partial charge in [-0.25, -0.2) is 4.98 Å². The van der Waals surface area contributed by atoms with Crippen LogP contribution in [0.3, 0.4) is 0 Å². The lowest BCUT2D eigenvalue weighted by Gasteiger charge is -2.09. The van der Waals surface area contributed by atoms with Crippen molar-refractivity contribution < 1.29 is 4.74 Å². The van der Waals surface area contributed by atoms with Gasteiger partial charge >= 0.3 is 0 Å². The average molecular weight is 197 g/mol. The van der Waals surface area contributed by atoms with Crippen LogP contribution in [0.4, 0.5) is 0 Å². The Morgan fingerprint density at radius 3 is 2.69 bits per heavy atom. The molecule has 0 bridgehead atoms. The highest BCUT2D eigenvalue weighted by Crippen LogP contribution is 2.22. The Labute approximate surface area is 81.9 Å². The number of ether oxygens (including phenoxy) is 1. The molecule has 0 saturated carbocycles. The van der Waals surface area contributed by atoms with E-state index in [2.05, 4.69) is 4.98 Å². The van der Waals surface area contributed by atoms with Crippen molar-refractivity contribution in [3.8, 4) is 11.8 Å². The van der Waals surface area contributed by atoms with E-state index in [0.29, 0.717) is 11.4 Å². The second-order valence-corrected chi connectivity index (χ2v) is 3.12. The van der Waals surface area contributed by atoms with Gasteiger partial charge in [-0.2, -0.15) is 5.26 Å². The monoisotopic (exact) mass is 196 g/mol. The molecule has 13 heavy (non-hydrogen) atoms. The van der Waals surface area contributed by atoms with Gasteiger partial charge in [0.25, 0.3) is 0 Å². The van der Waals surface area contributed by atoms with Crippen LogP contribution in [0.5, 0.6) is 5.75 Å². The molecule has 4 heteroatoms. The van der Waals surface area contributed by atoms with E-state index < -0.39 is 0 Å². The molecule has 1 aromatic heterocycles. The van der Waals surface area contributed by atoms with Gasteiger partial charge in [-0.1, -0.05) is 11.6 Å². The van der Waals surface area contributed by atoms with Crippen molar-refractivity contribution in [1.82, 2.24) is 4.98 Å². The summed E-state index contributed by atoms with van der Waals surface area (Å²) in [5, 5.41) is 8.75. The van der Waals surface area contributed by atoms with Crippen LogP contribution >= 0.6 is 11.6 Å². The number of rotatable bonds is 2. The zero-order valence-electron chi connectivity index (χ0n) is 7.41. The van der Waals surface area contributed by atoms with Gasteiger partial charge in [-0.15, -0.1) is 0 Å². The molecule has 3 nitrogen and oxygen atoms in total. The topological polar surface area (TPSA) is 45.9 Å². The van der Waals surface area contributed by atoms with Crippen LogP contribution in [0.1, 0.15) is 19.5 Å². The third kappa shape index (κ3) is 2.60. The van der Waals surface area contributed by atoms with Gasteiger partial charge in [0.2, 0.25) is 0 Å². The smallest absolute Gasteiger partial charge is 0.172 e. The van der Waals surface area contributed by atoms with Gasteiger partial charge in [0.1, 0.15) is 11.8 Å². The molecule has 0 aromatic carbocycles. The minimum Gasteiger partial charge on any atom is -0.488 e. The van der Waals surface area contributed by atoms with E-state index >= 15 is 0 Å². The van der Waals surface area contributed by atoms with E-state index in [4.69, 9.17) is 21.6 Å². The first-order valence-electron chi connectivity index (χ1n) is 3.87. The van der Waals surface area contributed by atoms with Crippen molar-refractivity contribution in [1.29, 1.82) is 5.26 Å². The quantitative estimate of drug-likeness (QED) is 0.683. The third-order valence-electron chi connectivity index (χ3n) is 1.29. The summed E-state index contributed by atoms with van der Waals surface area (Å²) in [5.74, 6) is 0.510. The SMILES string of the molecule is CC(C)Oc1ccc(C#N)nc1Cl. The Morgan fingerprint density at radius 1 is 1.54 bits per heavy atom. The molecule has 0 aliphatic carbocycles. The molecule has 0 aliphatic rings. The van der Waals surface area contributed by atoms with Gasteiger partial charge in [0.15, 0.2) is 10.9 Å². The first-order valence-corrected chi connectivity index (χ1v) is 4.24. The molecule has 1 aromatic rings. The summed E-state index contributed by atoms with van der Waals surface area (Å²) < 4.78 is 5.34. The number of hydrogen-bond donors (Lipinski definition) is 0. The molecule has 0 atom stereocenters. The first-order chi connectivity index (χ1) is 6.13. The average Bonchev–Trinajstić information content (AvgIpc) is 2.08. The summed E-state index contributed by atoms with van der Waals surface area (Å²) in [4.78, 5) is 3.82. The molecular formula is C9H9ClN2O. The van der Waals surface area contributed by atoms with Crippen LogP contribution < -0.4 is 4.74 Å². The minimum absolute atomic E-state index is 0.0484. The Hall–Kier alpha value is -1.27. The highest BCUT2D eigenvalue weighted by Gasteiger charge is 2.05. The molecule has 1 heterocycles. The predicted octanol–water partition coefficient (Wildman–Crippen LogP) is 2.39. The van der Waals surface area contributed by atoms with Crippen LogP contribution in [0.25, 0.3) is 0 Å². The van der Waals surface area contributed by atoms with Gasteiger partial charge in [-0.05, 0) is 26.0 Å². The van der Waals surface area contributed by atoms with Crippen molar-refractivity contribution in [2.24, 2.45) is 0 Å². The predicted molar refractivity (Wildman–Crippen MR) is 49.7 cm³/mol. The van der Waals surface area contributed by atoms with E-state index in [1.807, 2.05) is 19.9 Å². The summed E-state index contributed by atoms with van der Waals surface area (Å²) in [6, 6.07) is 5.12. The summed E-state index contributed by atoms with van der Waals surface area (Å²) in [7, 11) is 0. The number of pyridine rings is 1. The molecule has 1 rings (SSSR count). The third-order valence-corrected chi connectivity index (χ3v) is 1.56. The van der Waals surface area contributed by atoms with E-state index in [0.717, 1.165) is 0 Å². The van der Waals surface area contributed by atoms with Crippen LogP contribution in [0, 0.1) is 11.3 Å². The van der Waals surface area contributed by atoms with Crippen molar-refractivity contribution in [3.05, 3.63) is 23.0 Å². The number of halogens is 1. The molecule has 0 spiro atoms. The van der Waals surface area contributed by atoms with Crippen LogP contribution in [0.2, 0.25) is 5.15 Å². The van der Waals surface area contributed by atoms with Crippen LogP contribution in [-0.2, 0) is 0 Å². The maximum absolute atomic E-state index is 8.52. The molecule has 0 saturated heterocycles. The van der Waals surface area contributed by atoms with Crippen molar-refractivity contribution in [2.75, 3.05) is 0 Å². The van der Waals surface area contributed by atoms with E-state index in [1.165, 1.54) is 0 Å². The summed E-state index contributed by atoms with van der Waals surface area (Å²) in [6.07, 6.45) is 0.0484. The van der Waals surface area contributed by atoms with Gasteiger partial charge in [-0.3, -0.25) is 0 Å². The zero-order chi connectivity index (χ0) is 9.84. The molecule has 0 N–H and O–H groups in total. The second kappa shape index (κ2) is 4.11. The Morgan fingerprint density at radius 2 is 2.23 bits per heavy atom. The summed E-state index contributed by atoms with van der Waals surface area (Å²) >= 11 is 5.77. The van der Waals surface area contributed by atoms with E-state index in [1.54, 1.807) is 12.1 Å². The zero-order valence-corrected chi connectivity index (χ0v) is 8.17. The van der Waals surface area contributed by atoms with Gasteiger partial charge in [0, 0.05) is 0 Å². The maximum atomic E-state index is 8.52. The Kier molecular flexibility index (Phi) is 3.10. The lowest BCUT2D eigenvalue weighted by molar-refractivity contribution is 0.241. The molecule has 0 unspecified atom stereocenters. The largest absolute Gasteiger partial charge is 0.488 e. The number of hydrogen-bond acceptors (Lipinski definition) is 3. The lowest BCUT2D eigenvalue weighted by Crippen LogP contribution is -2.06. The van der Waals surface area contributed by atoms with Crippen molar-refractivity contribution in [3.63, 3.8) is 0 Å². The van der Waals surface area contributed by atoms with Gasteiger partial charge in [0.05, 0.1) is 6.10 Å². The van der Waals surface area contributed by atoms with Crippen LogP contribution in [-0.4, -0.2) is 11.1 Å². The van der Waals surface area contributed by atoms with E-state index in [-0.39, 0.29) is 11.3 Å². The molecule has 0 fully saturated rings. The second-order valence-electron chi connectivity index (χ2n) is 2.76. The lowest BCUT2D eigenvalue weighted by atomic mass is 10.3. The number of aromatic nitrogens is 1. The summed E-state index contributed by atoms with van der Waals surface area (Å²) in [5.41, 5.74) is 0.293. The first kappa shape index (κ1) is 9.82. The highest BCUT2D eigenvalue weighted by atomic mass is 35.5. The Bertz CT molecular complexity index is 344. The fourth-order valence-electron chi connectivity index (χ4n) is 0.826. The fraction of sp³-hybridized carbons (Fsp3) is 0.333.